The van der Waals surface area contributed by atoms with Crippen LogP contribution in [-0.4, -0.2) is 32.7 Å². The molecule has 4 rings (SSSR count). The van der Waals surface area contributed by atoms with Crippen LogP contribution in [-0.2, 0) is 0 Å². The second-order valence-electron chi connectivity index (χ2n) is 6.58. The first-order valence-electron chi connectivity index (χ1n) is 8.35. The van der Waals surface area contributed by atoms with Gasteiger partial charge in [0.1, 0.15) is 11.5 Å². The first-order chi connectivity index (χ1) is 11.6. The molecule has 0 aliphatic carbocycles. The molecule has 2 aromatic heterocycles. The Labute approximate surface area is 139 Å². The summed E-state index contributed by atoms with van der Waals surface area (Å²) in [4.78, 5) is 14.9. The molecule has 1 aromatic carbocycles. The van der Waals surface area contributed by atoms with E-state index in [0.29, 0.717) is 12.2 Å². The number of benzene rings is 1. The minimum absolute atomic E-state index is 0.0378. The Kier molecular flexibility index (Phi) is 3.59. The van der Waals surface area contributed by atoms with Gasteiger partial charge in [-0.15, -0.1) is 0 Å². The molecule has 0 saturated carbocycles. The Morgan fingerprint density at radius 1 is 1.38 bits per heavy atom. The second kappa shape index (κ2) is 5.78. The van der Waals surface area contributed by atoms with Crippen LogP contribution >= 0.6 is 0 Å². The first-order valence-corrected chi connectivity index (χ1v) is 8.35. The van der Waals surface area contributed by atoms with Crippen LogP contribution in [0.5, 0.6) is 0 Å². The van der Waals surface area contributed by atoms with E-state index < -0.39 is 0 Å². The number of nitrogens with one attached hydrogen (secondary N) is 1. The Morgan fingerprint density at radius 3 is 3.00 bits per heavy atom. The van der Waals surface area contributed by atoms with Crippen LogP contribution in [0.4, 0.5) is 0 Å². The number of H-pyrrole nitrogens is 1. The summed E-state index contributed by atoms with van der Waals surface area (Å²) in [5, 5.41) is 12.2. The molecule has 0 unspecified atom stereocenters. The lowest BCUT2D eigenvalue weighted by Gasteiger charge is -2.22. The summed E-state index contributed by atoms with van der Waals surface area (Å²) in [6, 6.07) is 9.63. The van der Waals surface area contributed by atoms with Crippen molar-refractivity contribution < 1.29 is 9.32 Å². The van der Waals surface area contributed by atoms with Gasteiger partial charge in [0.05, 0.1) is 11.6 Å². The molecule has 1 amide bonds. The topological polar surface area (TPSA) is 75.0 Å². The Balaban J connectivity index is 1.65. The molecule has 24 heavy (non-hydrogen) atoms. The van der Waals surface area contributed by atoms with Crippen molar-refractivity contribution in [2.24, 2.45) is 0 Å². The van der Waals surface area contributed by atoms with Crippen molar-refractivity contribution in [1.29, 1.82) is 0 Å². The van der Waals surface area contributed by atoms with Gasteiger partial charge in [-0.25, -0.2) is 0 Å². The SMILES string of the molecule is CC(C)c1cc([C@@H]2CCCN2C(=O)c2n[nH]c3ccccc23)no1. The van der Waals surface area contributed by atoms with Gasteiger partial charge >= 0.3 is 0 Å². The molecule has 1 saturated heterocycles. The molecule has 1 atom stereocenters. The van der Waals surface area contributed by atoms with Gasteiger partial charge in [-0.3, -0.25) is 9.89 Å². The number of carbonyl (C=O) groups excluding carboxylic acids is 1. The van der Waals surface area contributed by atoms with Crippen molar-refractivity contribution in [2.75, 3.05) is 6.54 Å². The predicted molar refractivity (Wildman–Crippen MR) is 89.7 cm³/mol. The summed E-state index contributed by atoms with van der Waals surface area (Å²) in [6.07, 6.45) is 1.86. The largest absolute Gasteiger partial charge is 0.361 e. The molecule has 6 heteroatoms. The number of carbonyl (C=O) groups is 1. The fourth-order valence-corrected chi connectivity index (χ4v) is 3.31. The fraction of sp³-hybridized carbons (Fsp3) is 0.389. The Bertz CT molecular complexity index is 880. The Hall–Kier alpha value is -2.63. The smallest absolute Gasteiger partial charge is 0.275 e. The van der Waals surface area contributed by atoms with Gasteiger partial charge in [0.2, 0.25) is 0 Å². The van der Waals surface area contributed by atoms with E-state index in [0.717, 1.165) is 35.2 Å². The molecule has 0 spiro atoms. The van der Waals surface area contributed by atoms with Gasteiger partial charge in [0, 0.05) is 23.9 Å². The van der Waals surface area contributed by atoms with Gasteiger partial charge in [0.25, 0.3) is 5.91 Å². The lowest BCUT2D eigenvalue weighted by atomic mass is 10.1. The van der Waals surface area contributed by atoms with Crippen LogP contribution in [0.25, 0.3) is 10.9 Å². The van der Waals surface area contributed by atoms with Gasteiger partial charge < -0.3 is 9.42 Å². The molecule has 1 N–H and O–H groups in total. The third-order valence-electron chi connectivity index (χ3n) is 4.64. The number of hydrogen-bond acceptors (Lipinski definition) is 4. The molecule has 124 valence electrons. The van der Waals surface area contributed by atoms with Crippen molar-refractivity contribution >= 4 is 16.8 Å². The number of para-hydroxylation sites is 1. The molecular formula is C18H20N4O2. The highest BCUT2D eigenvalue weighted by Crippen LogP contribution is 2.34. The zero-order valence-corrected chi connectivity index (χ0v) is 13.8. The average Bonchev–Trinajstić information content (AvgIpc) is 3.31. The van der Waals surface area contributed by atoms with Crippen molar-refractivity contribution in [1.82, 2.24) is 20.3 Å². The maximum Gasteiger partial charge on any atom is 0.275 e. The van der Waals surface area contributed by atoms with E-state index in [1.165, 1.54) is 0 Å². The molecule has 0 bridgehead atoms. The molecular weight excluding hydrogens is 304 g/mol. The molecule has 0 radical (unpaired) electrons. The summed E-state index contributed by atoms with van der Waals surface area (Å²) in [7, 11) is 0. The minimum atomic E-state index is -0.0518. The molecule has 1 fully saturated rings. The third-order valence-corrected chi connectivity index (χ3v) is 4.64. The molecule has 3 aromatic rings. The highest BCUT2D eigenvalue weighted by atomic mass is 16.5. The van der Waals surface area contributed by atoms with E-state index in [1.54, 1.807) is 0 Å². The van der Waals surface area contributed by atoms with Gasteiger partial charge in [0.15, 0.2) is 5.69 Å². The highest BCUT2D eigenvalue weighted by molar-refractivity contribution is 6.04. The molecule has 1 aliphatic rings. The second-order valence-corrected chi connectivity index (χ2v) is 6.58. The number of aromatic amines is 1. The van der Waals surface area contributed by atoms with Crippen LogP contribution in [0.1, 0.15) is 60.6 Å². The Morgan fingerprint density at radius 2 is 2.21 bits per heavy atom. The number of hydrogen-bond donors (Lipinski definition) is 1. The van der Waals surface area contributed by atoms with Gasteiger partial charge in [-0.1, -0.05) is 37.2 Å². The number of amides is 1. The van der Waals surface area contributed by atoms with E-state index >= 15 is 0 Å². The summed E-state index contributed by atoms with van der Waals surface area (Å²) >= 11 is 0. The number of rotatable bonds is 3. The third kappa shape index (κ3) is 2.38. The van der Waals surface area contributed by atoms with Crippen LogP contribution in [0, 0.1) is 0 Å². The standard InChI is InChI=1S/C18H20N4O2/c1-11(2)16-10-14(21-24-16)15-8-5-9-22(15)18(23)17-12-6-3-4-7-13(12)19-20-17/h3-4,6-7,10-11,15H,5,8-9H2,1-2H3,(H,19,20)/t15-/m0/s1. The van der Waals surface area contributed by atoms with Crippen LogP contribution in [0.2, 0.25) is 0 Å². The van der Waals surface area contributed by atoms with Crippen LogP contribution in [0.15, 0.2) is 34.9 Å². The van der Waals surface area contributed by atoms with E-state index in [-0.39, 0.29) is 17.9 Å². The summed E-state index contributed by atoms with van der Waals surface area (Å²) in [5.74, 6) is 1.09. The van der Waals surface area contributed by atoms with Crippen LogP contribution in [0.3, 0.4) is 0 Å². The van der Waals surface area contributed by atoms with Crippen molar-refractivity contribution in [3.8, 4) is 0 Å². The lowest BCUT2D eigenvalue weighted by Crippen LogP contribution is -2.31. The van der Waals surface area contributed by atoms with Crippen molar-refractivity contribution in [3.05, 3.63) is 47.5 Å². The number of nitrogens with zero attached hydrogens (tertiary/aromatic N) is 3. The quantitative estimate of drug-likeness (QED) is 0.798. The predicted octanol–water partition coefficient (Wildman–Crippen LogP) is 3.65. The normalized spacial score (nSPS) is 18.0. The lowest BCUT2D eigenvalue weighted by molar-refractivity contribution is 0.0726. The summed E-state index contributed by atoms with van der Waals surface area (Å²) in [6.45, 7) is 4.85. The minimum Gasteiger partial charge on any atom is -0.361 e. The van der Waals surface area contributed by atoms with E-state index in [9.17, 15) is 4.79 Å². The van der Waals surface area contributed by atoms with E-state index in [2.05, 4.69) is 29.2 Å². The first kappa shape index (κ1) is 14.9. The number of aromatic nitrogens is 3. The fourth-order valence-electron chi connectivity index (χ4n) is 3.31. The summed E-state index contributed by atoms with van der Waals surface area (Å²) < 4.78 is 5.42. The molecule has 6 nitrogen and oxygen atoms in total. The number of fused-ring (bicyclic) bond motifs is 1. The van der Waals surface area contributed by atoms with Gasteiger partial charge in [-0.05, 0) is 18.9 Å². The summed E-state index contributed by atoms with van der Waals surface area (Å²) in [5.41, 5.74) is 2.19. The monoisotopic (exact) mass is 324 g/mol. The zero-order chi connectivity index (χ0) is 16.7. The molecule has 1 aliphatic heterocycles. The maximum atomic E-state index is 13.0. The van der Waals surface area contributed by atoms with Crippen molar-refractivity contribution in [3.63, 3.8) is 0 Å². The van der Waals surface area contributed by atoms with E-state index in [4.69, 9.17) is 4.52 Å². The maximum absolute atomic E-state index is 13.0. The van der Waals surface area contributed by atoms with Crippen LogP contribution < -0.4 is 0 Å². The van der Waals surface area contributed by atoms with Crippen molar-refractivity contribution in [2.45, 2.75) is 38.6 Å². The molecule has 3 heterocycles. The highest BCUT2D eigenvalue weighted by Gasteiger charge is 2.34. The zero-order valence-electron chi connectivity index (χ0n) is 13.8. The van der Waals surface area contributed by atoms with E-state index in [1.807, 2.05) is 35.2 Å². The van der Waals surface area contributed by atoms with Gasteiger partial charge in [-0.2, -0.15) is 5.10 Å². The average molecular weight is 324 g/mol. The number of likely N-dealkylation sites (tertiary alicyclic amines) is 1.